The van der Waals surface area contributed by atoms with Crippen molar-refractivity contribution in [3.05, 3.63) is 0 Å². The summed E-state index contributed by atoms with van der Waals surface area (Å²) in [6.45, 7) is 6.94. The van der Waals surface area contributed by atoms with Gasteiger partial charge in [0.05, 0.1) is 12.7 Å². The van der Waals surface area contributed by atoms with E-state index >= 15 is 0 Å². The summed E-state index contributed by atoms with van der Waals surface area (Å²) in [6.07, 6.45) is 1.25. The summed E-state index contributed by atoms with van der Waals surface area (Å²) in [5.74, 6) is 0. The Kier molecular flexibility index (Phi) is 3.98. The first-order valence-corrected chi connectivity index (χ1v) is 4.64. The van der Waals surface area contributed by atoms with E-state index in [1.165, 1.54) is 0 Å². The third-order valence-electron chi connectivity index (χ3n) is 1.95. The molecule has 0 aromatic rings. The van der Waals surface area contributed by atoms with Crippen molar-refractivity contribution in [3.8, 4) is 0 Å². The second kappa shape index (κ2) is 4.80. The molecule has 72 valence electrons. The van der Waals surface area contributed by atoms with Gasteiger partial charge in [0.15, 0.2) is 6.29 Å². The van der Waals surface area contributed by atoms with Crippen LogP contribution in [0.1, 0.15) is 20.3 Å². The van der Waals surface area contributed by atoms with Crippen LogP contribution in [0.4, 0.5) is 0 Å². The molecule has 0 radical (unpaired) electrons. The monoisotopic (exact) mass is 173 g/mol. The quantitative estimate of drug-likeness (QED) is 0.624. The van der Waals surface area contributed by atoms with Gasteiger partial charge in [0.1, 0.15) is 0 Å². The molecule has 0 saturated carbocycles. The van der Waals surface area contributed by atoms with Gasteiger partial charge in [-0.1, -0.05) is 0 Å². The number of likely N-dealkylation sites (N-methyl/N-ethyl adjacent to an activating group) is 1. The lowest BCUT2D eigenvalue weighted by Crippen LogP contribution is -2.22. The van der Waals surface area contributed by atoms with E-state index < -0.39 is 0 Å². The van der Waals surface area contributed by atoms with Gasteiger partial charge >= 0.3 is 0 Å². The average Bonchev–Trinajstić information content (AvgIpc) is 2.15. The highest BCUT2D eigenvalue weighted by molar-refractivity contribution is 4.59. The minimum Gasteiger partial charge on any atom is -0.351 e. The average molecular weight is 173 g/mol. The zero-order valence-corrected chi connectivity index (χ0v) is 8.25. The summed E-state index contributed by atoms with van der Waals surface area (Å²) < 4.78 is 11.1. The van der Waals surface area contributed by atoms with Crippen LogP contribution < -0.4 is 0 Å². The number of ether oxygens (including phenoxy) is 2. The lowest BCUT2D eigenvalue weighted by atomic mass is 10.4. The fourth-order valence-electron chi connectivity index (χ4n) is 1.27. The molecule has 0 aliphatic carbocycles. The summed E-state index contributed by atoms with van der Waals surface area (Å²) in [7, 11) is 2.11. The van der Waals surface area contributed by atoms with Gasteiger partial charge < -0.3 is 14.4 Å². The summed E-state index contributed by atoms with van der Waals surface area (Å²) in [4.78, 5) is 2.27. The van der Waals surface area contributed by atoms with Crippen molar-refractivity contribution >= 4 is 0 Å². The van der Waals surface area contributed by atoms with Crippen molar-refractivity contribution in [2.75, 3.05) is 26.7 Å². The van der Waals surface area contributed by atoms with Crippen LogP contribution >= 0.6 is 0 Å². The molecule has 3 heteroatoms. The van der Waals surface area contributed by atoms with Gasteiger partial charge in [0, 0.05) is 19.5 Å². The molecule has 0 amide bonds. The Hall–Kier alpha value is -0.120. The molecule has 0 spiro atoms. The van der Waals surface area contributed by atoms with E-state index in [4.69, 9.17) is 9.47 Å². The van der Waals surface area contributed by atoms with Crippen molar-refractivity contribution in [3.63, 3.8) is 0 Å². The summed E-state index contributed by atoms with van der Waals surface area (Å²) in [5.41, 5.74) is 0. The van der Waals surface area contributed by atoms with Gasteiger partial charge in [0.25, 0.3) is 0 Å². The Bertz CT molecular complexity index is 128. The Balaban J connectivity index is 2.26. The normalized spacial score (nSPS) is 27.5. The molecule has 1 rings (SSSR count). The lowest BCUT2D eigenvalue weighted by molar-refractivity contribution is -0.158. The van der Waals surface area contributed by atoms with E-state index in [-0.39, 0.29) is 12.4 Å². The Morgan fingerprint density at radius 3 is 2.83 bits per heavy atom. The van der Waals surface area contributed by atoms with Crippen molar-refractivity contribution < 1.29 is 9.47 Å². The fourth-order valence-corrected chi connectivity index (χ4v) is 1.27. The maximum Gasteiger partial charge on any atom is 0.159 e. The summed E-state index contributed by atoms with van der Waals surface area (Å²) in [5, 5.41) is 0. The lowest BCUT2D eigenvalue weighted by Gasteiger charge is -2.18. The number of rotatable bonds is 2. The zero-order chi connectivity index (χ0) is 8.97. The standard InChI is InChI=1S/C9H19NO2/c1-8(2)12-9-4-5-10(3)6-7-11-9/h8-9H,4-7H2,1-3H3. The third kappa shape index (κ3) is 3.52. The molecule has 0 bridgehead atoms. The van der Waals surface area contributed by atoms with E-state index in [1.807, 2.05) is 13.8 Å². The zero-order valence-electron chi connectivity index (χ0n) is 8.25. The Morgan fingerprint density at radius 1 is 1.42 bits per heavy atom. The first-order valence-electron chi connectivity index (χ1n) is 4.64. The Labute approximate surface area is 74.6 Å². The Morgan fingerprint density at radius 2 is 2.17 bits per heavy atom. The SMILES string of the molecule is CC(C)OC1CCN(C)CCO1. The molecule has 1 unspecified atom stereocenters. The highest BCUT2D eigenvalue weighted by Gasteiger charge is 2.16. The van der Waals surface area contributed by atoms with E-state index in [0.717, 1.165) is 26.1 Å². The van der Waals surface area contributed by atoms with E-state index in [2.05, 4.69) is 11.9 Å². The van der Waals surface area contributed by atoms with Gasteiger partial charge in [-0.3, -0.25) is 0 Å². The minimum atomic E-state index is 0.00921. The van der Waals surface area contributed by atoms with Gasteiger partial charge in [0.2, 0.25) is 0 Å². The molecular weight excluding hydrogens is 154 g/mol. The van der Waals surface area contributed by atoms with Gasteiger partial charge in [-0.05, 0) is 20.9 Å². The highest BCUT2D eigenvalue weighted by atomic mass is 16.7. The molecule has 1 fully saturated rings. The first-order chi connectivity index (χ1) is 5.68. The largest absolute Gasteiger partial charge is 0.351 e. The van der Waals surface area contributed by atoms with Crippen LogP contribution in [0.5, 0.6) is 0 Å². The van der Waals surface area contributed by atoms with Crippen LogP contribution in [0.15, 0.2) is 0 Å². The molecule has 1 aliphatic rings. The van der Waals surface area contributed by atoms with E-state index in [9.17, 15) is 0 Å². The molecule has 1 heterocycles. The summed E-state index contributed by atoms with van der Waals surface area (Å²) >= 11 is 0. The third-order valence-corrected chi connectivity index (χ3v) is 1.95. The van der Waals surface area contributed by atoms with E-state index in [0.29, 0.717) is 0 Å². The van der Waals surface area contributed by atoms with Gasteiger partial charge in [-0.15, -0.1) is 0 Å². The predicted octanol–water partition coefficient (Wildman–Crippen LogP) is 1.09. The molecule has 12 heavy (non-hydrogen) atoms. The van der Waals surface area contributed by atoms with Crippen LogP contribution in [0, 0.1) is 0 Å². The maximum absolute atomic E-state index is 5.57. The number of hydrogen-bond donors (Lipinski definition) is 0. The highest BCUT2D eigenvalue weighted by Crippen LogP contribution is 2.08. The molecule has 0 aromatic carbocycles. The van der Waals surface area contributed by atoms with Crippen molar-refractivity contribution in [2.24, 2.45) is 0 Å². The van der Waals surface area contributed by atoms with Crippen LogP contribution in [0.25, 0.3) is 0 Å². The molecule has 0 N–H and O–H groups in total. The number of nitrogens with zero attached hydrogens (tertiary/aromatic N) is 1. The molecule has 1 saturated heterocycles. The predicted molar refractivity (Wildman–Crippen MR) is 48.1 cm³/mol. The molecule has 1 atom stereocenters. The molecule has 1 aliphatic heterocycles. The van der Waals surface area contributed by atoms with Crippen molar-refractivity contribution in [1.29, 1.82) is 0 Å². The molecule has 3 nitrogen and oxygen atoms in total. The smallest absolute Gasteiger partial charge is 0.159 e. The second-order valence-corrected chi connectivity index (χ2v) is 3.58. The van der Waals surface area contributed by atoms with Crippen LogP contribution in [0.3, 0.4) is 0 Å². The first kappa shape index (κ1) is 9.96. The summed E-state index contributed by atoms with van der Waals surface area (Å²) in [6, 6.07) is 0. The fraction of sp³-hybridized carbons (Fsp3) is 1.00. The van der Waals surface area contributed by atoms with Crippen LogP contribution in [-0.4, -0.2) is 44.0 Å². The van der Waals surface area contributed by atoms with Crippen molar-refractivity contribution in [1.82, 2.24) is 4.90 Å². The molecular formula is C9H19NO2. The maximum atomic E-state index is 5.57. The second-order valence-electron chi connectivity index (χ2n) is 3.58. The molecule has 0 aromatic heterocycles. The van der Waals surface area contributed by atoms with E-state index in [1.54, 1.807) is 0 Å². The topological polar surface area (TPSA) is 21.7 Å². The van der Waals surface area contributed by atoms with Gasteiger partial charge in [-0.2, -0.15) is 0 Å². The van der Waals surface area contributed by atoms with Crippen molar-refractivity contribution in [2.45, 2.75) is 32.7 Å². The van der Waals surface area contributed by atoms with Crippen LogP contribution in [-0.2, 0) is 9.47 Å². The number of hydrogen-bond acceptors (Lipinski definition) is 3. The minimum absolute atomic E-state index is 0.00921. The van der Waals surface area contributed by atoms with Crippen LogP contribution in [0.2, 0.25) is 0 Å². The van der Waals surface area contributed by atoms with Gasteiger partial charge in [-0.25, -0.2) is 0 Å².